The lowest BCUT2D eigenvalue weighted by Gasteiger charge is -2.20. The van der Waals surface area contributed by atoms with Crippen LogP contribution in [0.25, 0.3) is 0 Å². The molecule has 0 atom stereocenters. The minimum atomic E-state index is -0.119. The lowest BCUT2D eigenvalue weighted by Crippen LogP contribution is -2.31. The topological polar surface area (TPSA) is 48.0 Å². The summed E-state index contributed by atoms with van der Waals surface area (Å²) in [6, 6.07) is 11.5. The Hall–Kier alpha value is -2.69. The second-order valence-electron chi connectivity index (χ2n) is 6.01. The fourth-order valence-corrected chi connectivity index (χ4v) is 2.52. The van der Waals surface area contributed by atoms with Gasteiger partial charge in [-0.25, -0.2) is 0 Å². The lowest BCUT2D eigenvalue weighted by atomic mass is 10.1. The summed E-state index contributed by atoms with van der Waals surface area (Å²) >= 11 is 0. The van der Waals surface area contributed by atoms with E-state index in [0.717, 1.165) is 22.4 Å². The number of hydrogen-bond donors (Lipinski definition) is 0. The number of benzene rings is 2. The van der Waals surface area contributed by atoms with Crippen molar-refractivity contribution in [2.75, 3.05) is 27.9 Å². The summed E-state index contributed by atoms with van der Waals surface area (Å²) < 4.78 is 16.3. The van der Waals surface area contributed by atoms with Crippen molar-refractivity contribution in [2.45, 2.75) is 20.4 Å². The van der Waals surface area contributed by atoms with Crippen molar-refractivity contribution in [1.82, 2.24) is 4.90 Å². The third-order valence-electron chi connectivity index (χ3n) is 3.94. The summed E-state index contributed by atoms with van der Waals surface area (Å²) in [5.41, 5.74) is 3.16. The summed E-state index contributed by atoms with van der Waals surface area (Å²) in [7, 11) is 4.96. The second-order valence-corrected chi connectivity index (χ2v) is 6.01. The molecule has 0 radical (unpaired) electrons. The van der Waals surface area contributed by atoms with Crippen LogP contribution >= 0.6 is 0 Å². The van der Waals surface area contributed by atoms with Crippen molar-refractivity contribution in [3.05, 3.63) is 53.1 Å². The van der Waals surface area contributed by atoms with Crippen molar-refractivity contribution in [1.29, 1.82) is 0 Å². The molecule has 0 aromatic heterocycles. The summed E-state index contributed by atoms with van der Waals surface area (Å²) in [4.78, 5) is 14.0. The Kier molecular flexibility index (Phi) is 6.28. The Morgan fingerprint density at radius 3 is 2.16 bits per heavy atom. The van der Waals surface area contributed by atoms with Gasteiger partial charge in [0.05, 0.1) is 14.2 Å². The molecular formula is C20H25NO4. The smallest absolute Gasteiger partial charge is 0.260 e. The zero-order valence-corrected chi connectivity index (χ0v) is 15.5. The van der Waals surface area contributed by atoms with Crippen LogP contribution in [0.3, 0.4) is 0 Å². The first-order valence-corrected chi connectivity index (χ1v) is 8.09. The van der Waals surface area contributed by atoms with Crippen LogP contribution in [0, 0.1) is 13.8 Å². The van der Waals surface area contributed by atoms with E-state index in [0.29, 0.717) is 18.0 Å². The highest BCUT2D eigenvalue weighted by Gasteiger charge is 2.14. The molecule has 0 fully saturated rings. The number of aryl methyl sites for hydroxylation is 2. The number of likely N-dealkylation sites (N-methyl/N-ethyl adjacent to an activating group) is 1. The third kappa shape index (κ3) is 4.89. The lowest BCUT2D eigenvalue weighted by molar-refractivity contribution is -0.132. The minimum Gasteiger partial charge on any atom is -0.496 e. The number of carbonyl (C=O) groups is 1. The van der Waals surface area contributed by atoms with Crippen LogP contribution in [0.1, 0.15) is 16.7 Å². The molecule has 5 heteroatoms. The van der Waals surface area contributed by atoms with Gasteiger partial charge in [0.2, 0.25) is 0 Å². The van der Waals surface area contributed by atoms with E-state index in [1.807, 2.05) is 50.2 Å². The van der Waals surface area contributed by atoms with E-state index in [9.17, 15) is 4.79 Å². The van der Waals surface area contributed by atoms with Crippen LogP contribution in [-0.4, -0.2) is 38.7 Å². The molecule has 0 bridgehead atoms. The number of hydrogen-bond acceptors (Lipinski definition) is 4. The van der Waals surface area contributed by atoms with E-state index >= 15 is 0 Å². The second kappa shape index (κ2) is 8.42. The third-order valence-corrected chi connectivity index (χ3v) is 3.94. The van der Waals surface area contributed by atoms with Crippen molar-refractivity contribution in [3.63, 3.8) is 0 Å². The molecule has 0 saturated carbocycles. The van der Waals surface area contributed by atoms with Gasteiger partial charge in [-0.15, -0.1) is 0 Å². The molecule has 2 aromatic rings. The van der Waals surface area contributed by atoms with E-state index in [-0.39, 0.29) is 12.5 Å². The van der Waals surface area contributed by atoms with Crippen molar-refractivity contribution in [3.8, 4) is 17.2 Å². The van der Waals surface area contributed by atoms with Gasteiger partial charge >= 0.3 is 0 Å². The summed E-state index contributed by atoms with van der Waals surface area (Å²) in [6.45, 7) is 4.39. The van der Waals surface area contributed by atoms with Crippen LogP contribution in [0.15, 0.2) is 36.4 Å². The molecule has 0 unspecified atom stereocenters. The minimum absolute atomic E-state index is 0.0515. The maximum absolute atomic E-state index is 12.4. The molecule has 0 aliphatic rings. The van der Waals surface area contributed by atoms with Gasteiger partial charge in [-0.2, -0.15) is 0 Å². The monoisotopic (exact) mass is 343 g/mol. The Morgan fingerprint density at radius 2 is 1.52 bits per heavy atom. The molecule has 1 amide bonds. The first kappa shape index (κ1) is 18.6. The first-order valence-electron chi connectivity index (χ1n) is 8.09. The number of nitrogens with zero attached hydrogens (tertiary/aromatic N) is 1. The molecule has 0 heterocycles. The summed E-state index contributed by atoms with van der Waals surface area (Å²) in [5, 5.41) is 0. The molecule has 0 aliphatic heterocycles. The predicted octanol–water partition coefficient (Wildman–Crippen LogP) is 3.36. The molecule has 2 rings (SSSR count). The highest BCUT2D eigenvalue weighted by Crippen LogP contribution is 2.28. The average molecular weight is 343 g/mol. The van der Waals surface area contributed by atoms with Crippen molar-refractivity contribution < 1.29 is 19.0 Å². The Balaban J connectivity index is 2.00. The Labute approximate surface area is 149 Å². The van der Waals surface area contributed by atoms with Crippen molar-refractivity contribution >= 4 is 5.91 Å². The van der Waals surface area contributed by atoms with E-state index < -0.39 is 0 Å². The van der Waals surface area contributed by atoms with E-state index in [4.69, 9.17) is 14.2 Å². The number of amides is 1. The normalized spacial score (nSPS) is 10.3. The van der Waals surface area contributed by atoms with Crippen LogP contribution < -0.4 is 14.2 Å². The predicted molar refractivity (Wildman–Crippen MR) is 97.4 cm³/mol. The zero-order valence-electron chi connectivity index (χ0n) is 15.5. The molecule has 2 aromatic carbocycles. The fraction of sp³-hybridized carbons (Fsp3) is 0.350. The molecule has 134 valence electrons. The van der Waals surface area contributed by atoms with Gasteiger partial charge in [-0.1, -0.05) is 23.8 Å². The highest BCUT2D eigenvalue weighted by molar-refractivity contribution is 5.77. The number of carbonyl (C=O) groups excluding carboxylic acids is 1. The van der Waals surface area contributed by atoms with Crippen LogP contribution in [0.2, 0.25) is 0 Å². The molecule has 0 saturated heterocycles. The molecular weight excluding hydrogens is 318 g/mol. The molecule has 25 heavy (non-hydrogen) atoms. The van der Waals surface area contributed by atoms with E-state index in [1.165, 1.54) is 0 Å². The molecule has 0 spiro atoms. The van der Waals surface area contributed by atoms with Gasteiger partial charge in [0.25, 0.3) is 5.91 Å². The molecule has 5 nitrogen and oxygen atoms in total. The van der Waals surface area contributed by atoms with Gasteiger partial charge < -0.3 is 19.1 Å². The number of ether oxygens (including phenoxy) is 3. The van der Waals surface area contributed by atoms with Gasteiger partial charge in [0.15, 0.2) is 18.1 Å². The van der Waals surface area contributed by atoms with Gasteiger partial charge in [-0.3, -0.25) is 4.79 Å². The maximum atomic E-state index is 12.4. The zero-order chi connectivity index (χ0) is 18.4. The Morgan fingerprint density at radius 1 is 0.920 bits per heavy atom. The number of rotatable bonds is 7. The highest BCUT2D eigenvalue weighted by atomic mass is 16.5. The van der Waals surface area contributed by atoms with Crippen LogP contribution in [-0.2, 0) is 11.3 Å². The summed E-state index contributed by atoms with van der Waals surface area (Å²) in [6.07, 6.45) is 0. The van der Waals surface area contributed by atoms with Crippen molar-refractivity contribution in [2.24, 2.45) is 0 Å². The number of methoxy groups -OCH3 is 2. The van der Waals surface area contributed by atoms with Crippen LogP contribution in [0.4, 0.5) is 0 Å². The molecule has 0 N–H and O–H groups in total. The van der Waals surface area contributed by atoms with Gasteiger partial charge in [0.1, 0.15) is 5.75 Å². The Bertz CT molecular complexity index is 742. The van der Waals surface area contributed by atoms with Crippen LogP contribution in [0.5, 0.6) is 17.2 Å². The quantitative estimate of drug-likeness (QED) is 0.773. The largest absolute Gasteiger partial charge is 0.496 e. The standard InChI is InChI=1S/C20H25NO4/c1-14-6-8-17(23-4)16(10-14)12-21(3)20(22)13-25-18-9-7-15(2)11-19(18)24-5/h6-11H,12-13H2,1-5H3. The van der Waals surface area contributed by atoms with E-state index in [2.05, 4.69) is 0 Å². The SMILES string of the molecule is COc1ccc(C)cc1CN(C)C(=O)COc1ccc(C)cc1OC. The van der Waals surface area contributed by atoms with Gasteiger partial charge in [0, 0.05) is 19.2 Å². The summed E-state index contributed by atoms with van der Waals surface area (Å²) in [5.74, 6) is 1.83. The fourth-order valence-electron chi connectivity index (χ4n) is 2.52. The first-order chi connectivity index (χ1) is 11.9. The average Bonchev–Trinajstić information content (AvgIpc) is 2.60. The van der Waals surface area contributed by atoms with E-state index in [1.54, 1.807) is 26.2 Å². The molecule has 0 aliphatic carbocycles. The maximum Gasteiger partial charge on any atom is 0.260 e. The van der Waals surface area contributed by atoms with Gasteiger partial charge in [-0.05, 0) is 37.6 Å².